The molecule has 4 nitrogen and oxygen atoms in total. The molecule has 1 aliphatic heterocycles. The molecule has 0 aliphatic carbocycles. The Labute approximate surface area is 116 Å². The molecule has 0 saturated carbocycles. The van der Waals surface area contributed by atoms with E-state index < -0.39 is 5.91 Å². The van der Waals surface area contributed by atoms with Crippen molar-refractivity contribution in [2.75, 3.05) is 0 Å². The van der Waals surface area contributed by atoms with E-state index in [1.165, 1.54) is 0 Å². The molecule has 0 unspecified atom stereocenters. The number of primary amides is 1. The van der Waals surface area contributed by atoms with Crippen molar-refractivity contribution in [3.8, 4) is 11.3 Å². The summed E-state index contributed by atoms with van der Waals surface area (Å²) in [6, 6.07) is 3.80. The summed E-state index contributed by atoms with van der Waals surface area (Å²) in [6.07, 6.45) is 6.47. The number of fused-ring (bicyclic) bond motifs is 1. The van der Waals surface area contributed by atoms with Gasteiger partial charge in [0, 0.05) is 30.2 Å². The van der Waals surface area contributed by atoms with E-state index in [4.69, 9.17) is 17.3 Å². The van der Waals surface area contributed by atoms with E-state index in [0.29, 0.717) is 10.6 Å². The van der Waals surface area contributed by atoms with Gasteiger partial charge in [-0.25, -0.2) is 0 Å². The fraction of sp³-hybridized carbons (Fsp3) is 0.286. The van der Waals surface area contributed by atoms with Gasteiger partial charge in [-0.3, -0.25) is 9.78 Å². The van der Waals surface area contributed by atoms with Crippen LogP contribution in [0.5, 0.6) is 0 Å². The average Bonchev–Trinajstić information content (AvgIpc) is 2.71. The van der Waals surface area contributed by atoms with Gasteiger partial charge in [-0.05, 0) is 31.4 Å². The second-order valence-corrected chi connectivity index (χ2v) is 5.08. The normalized spacial score (nSPS) is 14.2. The highest BCUT2D eigenvalue weighted by Gasteiger charge is 2.27. The highest BCUT2D eigenvalue weighted by atomic mass is 35.5. The lowest BCUT2D eigenvalue weighted by Crippen LogP contribution is -2.17. The number of pyridine rings is 1. The number of nitrogens with two attached hydrogens (primary N) is 1. The van der Waals surface area contributed by atoms with Crippen LogP contribution in [-0.2, 0) is 13.0 Å². The monoisotopic (exact) mass is 275 g/mol. The third-order valence-electron chi connectivity index (χ3n) is 3.54. The summed E-state index contributed by atoms with van der Waals surface area (Å²) in [5.74, 6) is -0.453. The molecular formula is C14H14ClN3O. The highest BCUT2D eigenvalue weighted by Crippen LogP contribution is 2.37. The predicted octanol–water partition coefficient (Wildman–Crippen LogP) is 2.64. The van der Waals surface area contributed by atoms with Crippen LogP contribution in [0.15, 0.2) is 24.5 Å². The second kappa shape index (κ2) is 4.70. The maximum atomic E-state index is 11.6. The number of aromatic nitrogens is 2. The van der Waals surface area contributed by atoms with Crippen molar-refractivity contribution in [3.63, 3.8) is 0 Å². The van der Waals surface area contributed by atoms with Crippen molar-refractivity contribution in [2.45, 2.75) is 25.8 Å². The molecule has 0 atom stereocenters. The molecule has 2 aromatic heterocycles. The van der Waals surface area contributed by atoms with Crippen molar-refractivity contribution in [3.05, 3.63) is 40.8 Å². The Morgan fingerprint density at radius 1 is 1.42 bits per heavy atom. The number of hydrogen-bond donors (Lipinski definition) is 1. The van der Waals surface area contributed by atoms with Crippen molar-refractivity contribution in [2.24, 2.45) is 5.73 Å². The molecule has 0 spiro atoms. The van der Waals surface area contributed by atoms with Crippen molar-refractivity contribution < 1.29 is 4.79 Å². The molecular weight excluding hydrogens is 262 g/mol. The quantitative estimate of drug-likeness (QED) is 0.916. The van der Waals surface area contributed by atoms with Crippen LogP contribution < -0.4 is 5.73 Å². The topological polar surface area (TPSA) is 60.9 Å². The van der Waals surface area contributed by atoms with Crippen LogP contribution in [0, 0.1) is 0 Å². The first-order chi connectivity index (χ1) is 9.20. The van der Waals surface area contributed by atoms with Gasteiger partial charge in [0.15, 0.2) is 0 Å². The minimum atomic E-state index is -0.453. The molecule has 5 heteroatoms. The number of hydrogen-bond acceptors (Lipinski definition) is 2. The number of carbonyl (C=O) groups is 1. The third kappa shape index (κ3) is 1.92. The number of halogens is 1. The summed E-state index contributed by atoms with van der Waals surface area (Å²) >= 11 is 6.40. The van der Waals surface area contributed by atoms with Crippen LogP contribution in [0.2, 0.25) is 5.02 Å². The third-order valence-corrected chi connectivity index (χ3v) is 3.91. The van der Waals surface area contributed by atoms with E-state index in [0.717, 1.165) is 42.8 Å². The Kier molecular flexibility index (Phi) is 3.03. The van der Waals surface area contributed by atoms with Gasteiger partial charge in [0.1, 0.15) is 0 Å². The molecule has 0 saturated heterocycles. The first-order valence-electron chi connectivity index (χ1n) is 6.31. The van der Waals surface area contributed by atoms with E-state index in [2.05, 4.69) is 9.55 Å². The van der Waals surface area contributed by atoms with E-state index in [-0.39, 0.29) is 0 Å². The fourth-order valence-corrected chi connectivity index (χ4v) is 3.15. The minimum absolute atomic E-state index is 0.453. The Morgan fingerprint density at radius 3 is 2.95 bits per heavy atom. The average molecular weight is 276 g/mol. The van der Waals surface area contributed by atoms with Gasteiger partial charge in [0.25, 0.3) is 5.91 Å². The number of rotatable bonds is 2. The van der Waals surface area contributed by atoms with Gasteiger partial charge in [0.2, 0.25) is 0 Å². The zero-order valence-corrected chi connectivity index (χ0v) is 11.2. The minimum Gasteiger partial charge on any atom is -0.365 e. The molecule has 0 radical (unpaired) electrons. The molecule has 3 rings (SSSR count). The van der Waals surface area contributed by atoms with Crippen LogP contribution in [0.25, 0.3) is 11.3 Å². The highest BCUT2D eigenvalue weighted by molar-refractivity contribution is 6.36. The summed E-state index contributed by atoms with van der Waals surface area (Å²) in [7, 11) is 0. The predicted molar refractivity (Wildman–Crippen MR) is 74.1 cm³/mol. The van der Waals surface area contributed by atoms with Gasteiger partial charge in [-0.15, -0.1) is 0 Å². The van der Waals surface area contributed by atoms with Crippen LogP contribution in [-0.4, -0.2) is 15.5 Å². The Bertz CT molecular complexity index is 634. The lowest BCUT2D eigenvalue weighted by molar-refractivity contribution is 0.0999. The molecule has 19 heavy (non-hydrogen) atoms. The van der Waals surface area contributed by atoms with E-state index in [1.54, 1.807) is 12.4 Å². The first kappa shape index (κ1) is 12.2. The van der Waals surface area contributed by atoms with E-state index >= 15 is 0 Å². The molecule has 1 amide bonds. The van der Waals surface area contributed by atoms with Crippen molar-refractivity contribution in [1.82, 2.24) is 9.55 Å². The number of carbonyl (C=O) groups excluding carboxylic acids is 1. The van der Waals surface area contributed by atoms with Gasteiger partial charge >= 0.3 is 0 Å². The Hall–Kier alpha value is -1.81. The largest absolute Gasteiger partial charge is 0.365 e. The molecule has 1 aliphatic rings. The molecule has 2 aromatic rings. The zero-order valence-electron chi connectivity index (χ0n) is 10.4. The van der Waals surface area contributed by atoms with Crippen molar-refractivity contribution >= 4 is 17.5 Å². The Balaban J connectivity index is 2.28. The maximum Gasteiger partial charge on any atom is 0.252 e. The van der Waals surface area contributed by atoms with E-state index in [9.17, 15) is 4.79 Å². The van der Waals surface area contributed by atoms with Gasteiger partial charge in [-0.1, -0.05) is 11.6 Å². The second-order valence-electron chi connectivity index (χ2n) is 4.70. The summed E-state index contributed by atoms with van der Waals surface area (Å²) in [5.41, 5.74) is 8.69. The van der Waals surface area contributed by atoms with Gasteiger partial charge in [0.05, 0.1) is 16.3 Å². The maximum absolute atomic E-state index is 11.6. The standard InChI is InChI=1S/C14H14ClN3O/c15-12-11(14(16)19)10-5-1-2-7-18(10)13(12)9-4-3-6-17-8-9/h3-4,6,8H,1-2,5,7H2,(H2,16,19). The summed E-state index contributed by atoms with van der Waals surface area (Å²) in [5, 5.41) is 0.456. The number of amides is 1. The fourth-order valence-electron chi connectivity index (χ4n) is 2.74. The zero-order chi connectivity index (χ0) is 13.4. The molecule has 2 N–H and O–H groups in total. The van der Waals surface area contributed by atoms with E-state index in [1.807, 2.05) is 12.1 Å². The molecule has 0 bridgehead atoms. The molecule has 0 fully saturated rings. The van der Waals surface area contributed by atoms with Gasteiger partial charge in [-0.2, -0.15) is 0 Å². The lowest BCUT2D eigenvalue weighted by atomic mass is 10.1. The number of nitrogens with zero attached hydrogens (tertiary/aromatic N) is 2. The molecule has 98 valence electrons. The summed E-state index contributed by atoms with van der Waals surface area (Å²) in [4.78, 5) is 15.8. The van der Waals surface area contributed by atoms with Crippen LogP contribution in [0.3, 0.4) is 0 Å². The summed E-state index contributed by atoms with van der Waals surface area (Å²) < 4.78 is 2.11. The smallest absolute Gasteiger partial charge is 0.252 e. The van der Waals surface area contributed by atoms with Crippen LogP contribution >= 0.6 is 11.6 Å². The first-order valence-corrected chi connectivity index (χ1v) is 6.69. The summed E-state index contributed by atoms with van der Waals surface area (Å²) in [6.45, 7) is 0.868. The van der Waals surface area contributed by atoms with Crippen LogP contribution in [0.1, 0.15) is 28.9 Å². The SMILES string of the molecule is NC(=O)c1c(Cl)c(-c2cccnc2)n2c1CCCC2. The van der Waals surface area contributed by atoms with Gasteiger partial charge < -0.3 is 10.3 Å². The molecule has 3 heterocycles. The lowest BCUT2D eigenvalue weighted by Gasteiger charge is -2.18. The van der Waals surface area contributed by atoms with Crippen molar-refractivity contribution in [1.29, 1.82) is 0 Å². The Morgan fingerprint density at radius 2 is 2.26 bits per heavy atom. The van der Waals surface area contributed by atoms with Crippen LogP contribution in [0.4, 0.5) is 0 Å². The molecule has 0 aromatic carbocycles.